The lowest BCUT2D eigenvalue weighted by Gasteiger charge is -1.92. The van der Waals surface area contributed by atoms with Crippen LogP contribution in [0, 0.1) is 6.92 Å². The summed E-state index contributed by atoms with van der Waals surface area (Å²) < 4.78 is 2.51. The van der Waals surface area contributed by atoms with Gasteiger partial charge in [-0.25, -0.2) is 0 Å². The molecule has 3 rings (SSSR count). The Bertz CT molecular complexity index is 613. The van der Waals surface area contributed by atoms with Crippen LogP contribution in [0.3, 0.4) is 0 Å². The van der Waals surface area contributed by atoms with E-state index in [1.54, 1.807) is 11.3 Å². The topological polar surface area (TPSA) is 25.8 Å². The third-order valence-electron chi connectivity index (χ3n) is 2.37. The van der Waals surface area contributed by atoms with Crippen molar-refractivity contribution in [1.82, 2.24) is 9.97 Å². The Kier molecular flexibility index (Phi) is 1.55. The number of pyridine rings is 2. The van der Waals surface area contributed by atoms with Crippen LogP contribution in [0.15, 0.2) is 30.7 Å². The van der Waals surface area contributed by atoms with Gasteiger partial charge in [0.25, 0.3) is 0 Å². The van der Waals surface area contributed by atoms with E-state index >= 15 is 0 Å². The average molecular weight is 200 g/mol. The van der Waals surface area contributed by atoms with Crippen molar-refractivity contribution in [2.45, 2.75) is 6.92 Å². The molecular formula is C11H8N2S. The molecule has 0 aliphatic rings. The Morgan fingerprint density at radius 2 is 2.00 bits per heavy atom. The molecule has 0 atom stereocenters. The Morgan fingerprint density at radius 3 is 2.93 bits per heavy atom. The van der Waals surface area contributed by atoms with E-state index < -0.39 is 0 Å². The Balaban J connectivity index is 2.63. The quantitative estimate of drug-likeness (QED) is 0.557. The van der Waals surface area contributed by atoms with Crippen molar-refractivity contribution in [1.29, 1.82) is 0 Å². The highest BCUT2D eigenvalue weighted by atomic mass is 32.1. The van der Waals surface area contributed by atoms with Crippen molar-refractivity contribution in [3.8, 4) is 0 Å². The van der Waals surface area contributed by atoms with Gasteiger partial charge in [0.15, 0.2) is 0 Å². The predicted octanol–water partition coefficient (Wildman–Crippen LogP) is 3.15. The average Bonchev–Trinajstić information content (AvgIpc) is 2.59. The maximum atomic E-state index is 4.29. The SMILES string of the molecule is Cc1nccc2c1sc1cnccc12. The van der Waals surface area contributed by atoms with E-state index in [1.807, 2.05) is 25.5 Å². The molecule has 3 heterocycles. The molecule has 0 amide bonds. The standard InChI is InChI=1S/C11H8N2S/c1-7-11-9(3-5-13-7)8-2-4-12-6-10(8)14-11/h2-6H,1H3. The molecule has 0 spiro atoms. The van der Waals surface area contributed by atoms with E-state index in [0.29, 0.717) is 0 Å². The van der Waals surface area contributed by atoms with Gasteiger partial charge in [-0.3, -0.25) is 9.97 Å². The van der Waals surface area contributed by atoms with Gasteiger partial charge in [-0.15, -0.1) is 11.3 Å². The van der Waals surface area contributed by atoms with Gasteiger partial charge in [0.2, 0.25) is 0 Å². The fourth-order valence-corrected chi connectivity index (χ4v) is 2.80. The lowest BCUT2D eigenvalue weighted by molar-refractivity contribution is 1.25. The molecule has 3 heteroatoms. The summed E-state index contributed by atoms with van der Waals surface area (Å²) in [5.74, 6) is 0. The van der Waals surface area contributed by atoms with Crippen molar-refractivity contribution >= 4 is 31.5 Å². The molecule has 3 aromatic heterocycles. The number of aryl methyl sites for hydroxylation is 1. The number of aromatic nitrogens is 2. The van der Waals surface area contributed by atoms with Crippen LogP contribution >= 0.6 is 11.3 Å². The molecule has 14 heavy (non-hydrogen) atoms. The number of rotatable bonds is 0. The Morgan fingerprint density at radius 1 is 1.14 bits per heavy atom. The van der Waals surface area contributed by atoms with E-state index in [0.717, 1.165) is 5.69 Å². The maximum Gasteiger partial charge on any atom is 0.0568 e. The molecule has 0 bridgehead atoms. The molecule has 68 valence electrons. The summed E-state index contributed by atoms with van der Waals surface area (Å²) in [5.41, 5.74) is 1.10. The molecule has 0 saturated heterocycles. The highest BCUT2D eigenvalue weighted by molar-refractivity contribution is 7.26. The molecule has 0 aromatic carbocycles. The summed E-state index contributed by atoms with van der Waals surface area (Å²) in [6, 6.07) is 4.13. The van der Waals surface area contributed by atoms with Crippen molar-refractivity contribution in [2.75, 3.05) is 0 Å². The first kappa shape index (κ1) is 7.88. The molecule has 0 aliphatic carbocycles. The van der Waals surface area contributed by atoms with E-state index in [1.165, 1.54) is 20.2 Å². The highest BCUT2D eigenvalue weighted by Crippen LogP contribution is 2.33. The molecule has 0 saturated carbocycles. The van der Waals surface area contributed by atoms with Gasteiger partial charge in [-0.1, -0.05) is 0 Å². The zero-order valence-corrected chi connectivity index (χ0v) is 8.51. The minimum absolute atomic E-state index is 1.10. The van der Waals surface area contributed by atoms with Crippen LogP contribution in [0.5, 0.6) is 0 Å². The van der Waals surface area contributed by atoms with Crippen LogP contribution in [0.25, 0.3) is 20.2 Å². The number of hydrogen-bond donors (Lipinski definition) is 0. The second kappa shape index (κ2) is 2.75. The molecule has 0 N–H and O–H groups in total. The van der Waals surface area contributed by atoms with Crippen molar-refractivity contribution in [2.24, 2.45) is 0 Å². The Hall–Kier alpha value is -1.48. The second-order valence-corrected chi connectivity index (χ2v) is 4.30. The van der Waals surface area contributed by atoms with Gasteiger partial charge in [0, 0.05) is 29.4 Å². The smallest absolute Gasteiger partial charge is 0.0568 e. The van der Waals surface area contributed by atoms with Gasteiger partial charge in [0.1, 0.15) is 0 Å². The lowest BCUT2D eigenvalue weighted by Crippen LogP contribution is -1.77. The molecule has 3 aromatic rings. The minimum Gasteiger partial charge on any atom is -0.263 e. The van der Waals surface area contributed by atoms with Crippen LogP contribution in [0.1, 0.15) is 5.69 Å². The third kappa shape index (κ3) is 0.960. The van der Waals surface area contributed by atoms with Gasteiger partial charge >= 0.3 is 0 Å². The lowest BCUT2D eigenvalue weighted by atomic mass is 10.2. The van der Waals surface area contributed by atoms with Crippen LogP contribution in [0.4, 0.5) is 0 Å². The first-order valence-electron chi connectivity index (χ1n) is 4.44. The molecule has 0 radical (unpaired) electrons. The summed E-state index contributed by atoms with van der Waals surface area (Å²) in [6.45, 7) is 2.05. The molecule has 2 nitrogen and oxygen atoms in total. The van der Waals surface area contributed by atoms with Gasteiger partial charge in [0.05, 0.1) is 15.1 Å². The van der Waals surface area contributed by atoms with Crippen LogP contribution in [-0.4, -0.2) is 9.97 Å². The maximum absolute atomic E-state index is 4.29. The second-order valence-electron chi connectivity index (χ2n) is 3.25. The molecular weight excluding hydrogens is 192 g/mol. The first-order chi connectivity index (χ1) is 6.86. The first-order valence-corrected chi connectivity index (χ1v) is 5.26. The van der Waals surface area contributed by atoms with Gasteiger partial charge < -0.3 is 0 Å². The predicted molar refractivity (Wildman–Crippen MR) is 59.7 cm³/mol. The summed E-state index contributed by atoms with van der Waals surface area (Å²) in [7, 11) is 0. The summed E-state index contributed by atoms with van der Waals surface area (Å²) in [4.78, 5) is 8.42. The summed E-state index contributed by atoms with van der Waals surface area (Å²) in [5, 5.41) is 2.57. The van der Waals surface area contributed by atoms with Gasteiger partial charge in [-0.05, 0) is 19.1 Å². The van der Waals surface area contributed by atoms with E-state index in [9.17, 15) is 0 Å². The zero-order chi connectivity index (χ0) is 9.54. The fraction of sp³-hybridized carbons (Fsp3) is 0.0909. The number of fused-ring (bicyclic) bond motifs is 3. The fourth-order valence-electron chi connectivity index (χ4n) is 1.69. The van der Waals surface area contributed by atoms with Crippen molar-refractivity contribution < 1.29 is 0 Å². The van der Waals surface area contributed by atoms with E-state index in [-0.39, 0.29) is 0 Å². The number of hydrogen-bond acceptors (Lipinski definition) is 3. The zero-order valence-electron chi connectivity index (χ0n) is 7.69. The van der Waals surface area contributed by atoms with Gasteiger partial charge in [-0.2, -0.15) is 0 Å². The van der Waals surface area contributed by atoms with E-state index in [4.69, 9.17) is 0 Å². The highest BCUT2D eigenvalue weighted by Gasteiger charge is 2.06. The number of nitrogens with zero attached hydrogens (tertiary/aromatic N) is 2. The van der Waals surface area contributed by atoms with Crippen LogP contribution < -0.4 is 0 Å². The van der Waals surface area contributed by atoms with E-state index in [2.05, 4.69) is 22.1 Å². The van der Waals surface area contributed by atoms with Crippen LogP contribution in [0.2, 0.25) is 0 Å². The number of thiophene rings is 1. The normalized spacial score (nSPS) is 11.2. The summed E-state index contributed by atoms with van der Waals surface area (Å²) >= 11 is 1.76. The Labute approximate surface area is 85.2 Å². The molecule has 0 fully saturated rings. The minimum atomic E-state index is 1.10. The summed E-state index contributed by atoms with van der Waals surface area (Å²) in [6.07, 6.45) is 5.62. The monoisotopic (exact) mass is 200 g/mol. The molecule has 0 unspecified atom stereocenters. The third-order valence-corrected chi connectivity index (χ3v) is 3.63. The van der Waals surface area contributed by atoms with Crippen LogP contribution in [-0.2, 0) is 0 Å². The largest absolute Gasteiger partial charge is 0.263 e. The molecule has 0 aliphatic heterocycles. The van der Waals surface area contributed by atoms with Crippen molar-refractivity contribution in [3.63, 3.8) is 0 Å². The van der Waals surface area contributed by atoms with Crippen molar-refractivity contribution in [3.05, 3.63) is 36.4 Å².